The molecule has 2 fully saturated rings. The smallest absolute Gasteiger partial charge is 0.228 e. The lowest BCUT2D eigenvalue weighted by molar-refractivity contribution is -0.149. The quantitative estimate of drug-likeness (QED) is 0.697. The predicted molar refractivity (Wildman–Crippen MR) is 79.6 cm³/mol. The SMILES string of the molecule is CC[C@@H]1CN(C(=O)[C@H](C)[C@H]2NC(=O)[C@@H]2[C@@H](C)O)CCN1C. The van der Waals surface area contributed by atoms with E-state index < -0.39 is 12.0 Å². The van der Waals surface area contributed by atoms with Crippen molar-refractivity contribution in [3.63, 3.8) is 0 Å². The van der Waals surface area contributed by atoms with Crippen LogP contribution in [0.4, 0.5) is 0 Å². The van der Waals surface area contributed by atoms with Crippen molar-refractivity contribution in [2.45, 2.75) is 45.4 Å². The highest BCUT2D eigenvalue weighted by molar-refractivity contribution is 5.90. The van der Waals surface area contributed by atoms with Crippen LogP contribution in [0.15, 0.2) is 0 Å². The van der Waals surface area contributed by atoms with Crippen LogP contribution >= 0.6 is 0 Å². The van der Waals surface area contributed by atoms with Crippen LogP contribution in [0.1, 0.15) is 27.2 Å². The molecule has 5 atom stereocenters. The van der Waals surface area contributed by atoms with E-state index in [1.807, 2.05) is 11.8 Å². The van der Waals surface area contributed by atoms with E-state index in [0.717, 1.165) is 26.1 Å². The van der Waals surface area contributed by atoms with Gasteiger partial charge in [0, 0.05) is 25.7 Å². The number of hydrogen-bond donors (Lipinski definition) is 2. The summed E-state index contributed by atoms with van der Waals surface area (Å²) < 4.78 is 0. The maximum Gasteiger partial charge on any atom is 0.228 e. The molecule has 0 aliphatic carbocycles. The first-order valence-electron chi connectivity index (χ1n) is 7.84. The maximum absolute atomic E-state index is 12.6. The lowest BCUT2D eigenvalue weighted by atomic mass is 9.78. The van der Waals surface area contributed by atoms with Gasteiger partial charge < -0.3 is 15.3 Å². The molecule has 0 aromatic heterocycles. The molecule has 2 amide bonds. The highest BCUT2D eigenvalue weighted by Gasteiger charge is 2.48. The van der Waals surface area contributed by atoms with Gasteiger partial charge in [-0.1, -0.05) is 13.8 Å². The van der Waals surface area contributed by atoms with E-state index in [0.29, 0.717) is 6.04 Å². The molecule has 6 heteroatoms. The molecule has 6 nitrogen and oxygen atoms in total. The molecule has 0 saturated carbocycles. The van der Waals surface area contributed by atoms with Crippen LogP contribution in [0.25, 0.3) is 0 Å². The molecule has 2 heterocycles. The van der Waals surface area contributed by atoms with Crippen molar-refractivity contribution in [2.75, 3.05) is 26.7 Å². The van der Waals surface area contributed by atoms with Crippen LogP contribution in [-0.4, -0.2) is 71.6 Å². The van der Waals surface area contributed by atoms with Crippen molar-refractivity contribution in [2.24, 2.45) is 11.8 Å². The van der Waals surface area contributed by atoms with Gasteiger partial charge in [0.2, 0.25) is 11.8 Å². The van der Waals surface area contributed by atoms with Crippen molar-refractivity contribution in [3.05, 3.63) is 0 Å². The molecule has 0 aromatic rings. The Labute approximate surface area is 126 Å². The van der Waals surface area contributed by atoms with Gasteiger partial charge in [-0.2, -0.15) is 0 Å². The van der Waals surface area contributed by atoms with E-state index >= 15 is 0 Å². The summed E-state index contributed by atoms with van der Waals surface area (Å²) in [6.45, 7) is 7.95. The Hall–Kier alpha value is -1.14. The first-order valence-corrected chi connectivity index (χ1v) is 7.84. The number of carbonyl (C=O) groups is 2. The fourth-order valence-electron chi connectivity index (χ4n) is 3.40. The lowest BCUT2D eigenvalue weighted by Gasteiger charge is -2.45. The van der Waals surface area contributed by atoms with Gasteiger partial charge in [-0.05, 0) is 20.4 Å². The molecule has 0 unspecified atom stereocenters. The summed E-state index contributed by atoms with van der Waals surface area (Å²) in [6, 6.07) is 0.156. The van der Waals surface area contributed by atoms with Gasteiger partial charge in [0.25, 0.3) is 0 Å². The summed E-state index contributed by atoms with van der Waals surface area (Å²) in [5, 5.41) is 12.4. The predicted octanol–water partition coefficient (Wildman–Crippen LogP) is -0.329. The number of nitrogens with one attached hydrogen (secondary N) is 1. The van der Waals surface area contributed by atoms with E-state index in [1.165, 1.54) is 0 Å². The van der Waals surface area contributed by atoms with Crippen LogP contribution < -0.4 is 5.32 Å². The second-order valence-electron chi connectivity index (χ2n) is 6.42. The van der Waals surface area contributed by atoms with E-state index in [9.17, 15) is 14.7 Å². The van der Waals surface area contributed by atoms with Crippen molar-refractivity contribution >= 4 is 11.8 Å². The minimum atomic E-state index is -0.713. The van der Waals surface area contributed by atoms with Crippen molar-refractivity contribution < 1.29 is 14.7 Å². The molecule has 21 heavy (non-hydrogen) atoms. The fraction of sp³-hybridized carbons (Fsp3) is 0.867. The summed E-state index contributed by atoms with van der Waals surface area (Å²) in [5.74, 6) is -0.821. The summed E-state index contributed by atoms with van der Waals surface area (Å²) >= 11 is 0. The average Bonchev–Trinajstić information content (AvgIpc) is 2.42. The van der Waals surface area contributed by atoms with E-state index in [-0.39, 0.29) is 23.8 Å². The minimum absolute atomic E-state index is 0.0807. The Morgan fingerprint density at radius 2 is 2.10 bits per heavy atom. The van der Waals surface area contributed by atoms with Crippen LogP contribution in [0.3, 0.4) is 0 Å². The Bertz CT molecular complexity index is 413. The largest absolute Gasteiger partial charge is 0.393 e. The highest BCUT2D eigenvalue weighted by atomic mass is 16.3. The first-order chi connectivity index (χ1) is 9.86. The van der Waals surface area contributed by atoms with E-state index in [1.54, 1.807) is 6.92 Å². The zero-order valence-electron chi connectivity index (χ0n) is 13.4. The molecule has 2 rings (SSSR count). The van der Waals surface area contributed by atoms with Crippen LogP contribution in [0.5, 0.6) is 0 Å². The molecular weight excluding hydrogens is 270 g/mol. The summed E-state index contributed by atoms with van der Waals surface area (Å²) in [6.07, 6.45) is 0.306. The normalized spacial score (nSPS) is 33.1. The Morgan fingerprint density at radius 1 is 1.43 bits per heavy atom. The second kappa shape index (κ2) is 6.32. The molecule has 2 aliphatic rings. The van der Waals surface area contributed by atoms with E-state index in [2.05, 4.69) is 24.2 Å². The van der Waals surface area contributed by atoms with Gasteiger partial charge in [-0.15, -0.1) is 0 Å². The van der Waals surface area contributed by atoms with Crippen molar-refractivity contribution in [1.82, 2.24) is 15.1 Å². The third-order valence-electron chi connectivity index (χ3n) is 5.01. The zero-order valence-corrected chi connectivity index (χ0v) is 13.4. The molecule has 120 valence electrons. The molecular formula is C15H27N3O3. The number of amides is 2. The van der Waals surface area contributed by atoms with Gasteiger partial charge in [0.05, 0.1) is 24.0 Å². The summed E-state index contributed by atoms with van der Waals surface area (Å²) in [4.78, 5) is 28.4. The number of carbonyl (C=O) groups excluding carboxylic acids is 2. The van der Waals surface area contributed by atoms with Gasteiger partial charge in [-0.25, -0.2) is 0 Å². The Morgan fingerprint density at radius 3 is 2.62 bits per heavy atom. The van der Waals surface area contributed by atoms with Gasteiger partial charge in [-0.3, -0.25) is 14.5 Å². The maximum atomic E-state index is 12.6. The number of aliphatic hydroxyl groups is 1. The highest BCUT2D eigenvalue weighted by Crippen LogP contribution is 2.27. The number of nitrogens with zero attached hydrogens (tertiary/aromatic N) is 2. The van der Waals surface area contributed by atoms with Crippen LogP contribution in [0.2, 0.25) is 0 Å². The minimum Gasteiger partial charge on any atom is -0.393 e. The third-order valence-corrected chi connectivity index (χ3v) is 5.01. The monoisotopic (exact) mass is 297 g/mol. The fourth-order valence-corrected chi connectivity index (χ4v) is 3.40. The molecule has 0 bridgehead atoms. The molecule has 2 aliphatic heterocycles. The number of hydrogen-bond acceptors (Lipinski definition) is 4. The molecule has 0 radical (unpaired) electrons. The molecule has 0 spiro atoms. The van der Waals surface area contributed by atoms with Crippen LogP contribution in [0, 0.1) is 11.8 Å². The zero-order chi connectivity index (χ0) is 15.7. The number of aliphatic hydroxyl groups excluding tert-OH is 1. The molecule has 2 saturated heterocycles. The average molecular weight is 297 g/mol. The van der Waals surface area contributed by atoms with Gasteiger partial charge in [0.1, 0.15) is 0 Å². The number of rotatable bonds is 4. The number of piperazine rings is 1. The van der Waals surface area contributed by atoms with Gasteiger partial charge in [0.15, 0.2) is 0 Å². The number of β-lactam (4-membered cyclic amide) rings is 1. The standard InChI is InChI=1S/C15H27N3O3/c1-5-11-8-18(7-6-17(11)4)15(21)9(2)13-12(10(3)19)14(20)16-13/h9-13,19H,5-8H2,1-4H3,(H,16,20)/t9-,10-,11-,12-,13-/m1/s1. The van der Waals surface area contributed by atoms with E-state index in [4.69, 9.17) is 0 Å². The Balaban J connectivity index is 1.98. The Kier molecular flexibility index (Phi) is 4.88. The summed E-state index contributed by atoms with van der Waals surface area (Å²) in [7, 11) is 2.09. The first kappa shape index (κ1) is 16.2. The topological polar surface area (TPSA) is 72.9 Å². The summed E-state index contributed by atoms with van der Waals surface area (Å²) in [5.41, 5.74) is 0. The third kappa shape index (κ3) is 3.06. The molecule has 2 N–H and O–H groups in total. The van der Waals surface area contributed by atoms with Crippen LogP contribution in [-0.2, 0) is 9.59 Å². The van der Waals surface area contributed by atoms with Gasteiger partial charge >= 0.3 is 0 Å². The van der Waals surface area contributed by atoms with Crippen molar-refractivity contribution in [1.29, 1.82) is 0 Å². The van der Waals surface area contributed by atoms with Crippen molar-refractivity contribution in [3.8, 4) is 0 Å². The molecule has 0 aromatic carbocycles. The lowest BCUT2D eigenvalue weighted by Crippen LogP contribution is -2.67. The number of likely N-dealkylation sites (N-methyl/N-ethyl adjacent to an activating group) is 1. The second-order valence-corrected chi connectivity index (χ2v) is 6.42.